The summed E-state index contributed by atoms with van der Waals surface area (Å²) in [5, 5.41) is 11.9. The van der Waals surface area contributed by atoms with E-state index in [2.05, 4.69) is 39.5 Å². The highest BCUT2D eigenvalue weighted by Crippen LogP contribution is 2.11. The van der Waals surface area contributed by atoms with Gasteiger partial charge in [-0.25, -0.2) is 9.67 Å². The van der Waals surface area contributed by atoms with Crippen molar-refractivity contribution in [1.29, 1.82) is 0 Å². The number of nitrogens with zero attached hydrogens (tertiary/aromatic N) is 6. The molecule has 144 valence electrons. The van der Waals surface area contributed by atoms with Gasteiger partial charge in [0.15, 0.2) is 5.96 Å². The van der Waals surface area contributed by atoms with Crippen LogP contribution in [0.3, 0.4) is 0 Å². The average Bonchev–Trinajstić information content (AvgIpc) is 3.31. The number of hydrogen-bond donors (Lipinski definition) is 1. The minimum absolute atomic E-state index is 0. The number of benzene rings is 1. The topological polar surface area (TPSA) is 63.3 Å². The lowest BCUT2D eigenvalue weighted by molar-refractivity contribution is 0.476. The molecule has 0 spiro atoms. The smallest absolute Gasteiger partial charge is 0.194 e. The highest BCUT2D eigenvalue weighted by atomic mass is 127. The number of aromatic nitrogens is 4. The monoisotopic (exact) mass is 479 g/mol. The highest BCUT2D eigenvalue weighted by Gasteiger charge is 2.08. The van der Waals surface area contributed by atoms with Crippen molar-refractivity contribution in [2.45, 2.75) is 20.0 Å². The number of halogens is 1. The van der Waals surface area contributed by atoms with E-state index in [-0.39, 0.29) is 24.0 Å². The Morgan fingerprint density at radius 2 is 2.07 bits per heavy atom. The first-order valence-corrected chi connectivity index (χ1v) is 8.71. The second kappa shape index (κ2) is 10.1. The van der Waals surface area contributed by atoms with Gasteiger partial charge in [-0.1, -0.05) is 12.1 Å². The van der Waals surface area contributed by atoms with Gasteiger partial charge < -0.3 is 10.2 Å². The molecule has 0 atom stereocenters. The fourth-order valence-corrected chi connectivity index (χ4v) is 2.76. The van der Waals surface area contributed by atoms with Crippen LogP contribution >= 0.6 is 24.0 Å². The van der Waals surface area contributed by atoms with E-state index >= 15 is 0 Å². The van der Waals surface area contributed by atoms with Gasteiger partial charge >= 0.3 is 0 Å². The first-order valence-electron chi connectivity index (χ1n) is 8.71. The van der Waals surface area contributed by atoms with Crippen LogP contribution in [0.25, 0.3) is 5.69 Å². The Bertz CT molecular complexity index is 855. The van der Waals surface area contributed by atoms with Crippen LogP contribution in [0.2, 0.25) is 0 Å². The number of nitrogens with one attached hydrogen (secondary N) is 1. The van der Waals surface area contributed by atoms with E-state index in [4.69, 9.17) is 4.99 Å². The molecule has 0 radical (unpaired) electrons. The molecule has 3 rings (SSSR count). The van der Waals surface area contributed by atoms with Crippen LogP contribution in [0.15, 0.2) is 60.1 Å². The summed E-state index contributed by atoms with van der Waals surface area (Å²) in [6, 6.07) is 10.2. The molecular formula is C19H26IN7. The lowest BCUT2D eigenvalue weighted by Gasteiger charge is -2.21. The quantitative estimate of drug-likeness (QED) is 0.336. The first kappa shape index (κ1) is 20.9. The lowest BCUT2D eigenvalue weighted by Crippen LogP contribution is -2.38. The van der Waals surface area contributed by atoms with Gasteiger partial charge in [-0.05, 0) is 30.7 Å². The maximum absolute atomic E-state index is 4.78. The van der Waals surface area contributed by atoms with Crippen molar-refractivity contribution in [1.82, 2.24) is 29.8 Å². The second-order valence-corrected chi connectivity index (χ2v) is 6.17. The number of aliphatic imine (C=N–C) groups is 1. The highest BCUT2D eigenvalue weighted by molar-refractivity contribution is 14.0. The summed E-state index contributed by atoms with van der Waals surface area (Å²) in [4.78, 5) is 6.89. The molecule has 0 saturated carbocycles. The van der Waals surface area contributed by atoms with E-state index in [0.717, 1.165) is 35.9 Å². The molecule has 0 aliphatic rings. The molecule has 0 bridgehead atoms. The Labute approximate surface area is 177 Å². The number of guanidine groups is 1. The van der Waals surface area contributed by atoms with Gasteiger partial charge in [0.2, 0.25) is 0 Å². The van der Waals surface area contributed by atoms with Gasteiger partial charge in [0, 0.05) is 51.3 Å². The molecule has 0 amide bonds. The molecular weight excluding hydrogens is 453 g/mol. The minimum atomic E-state index is 0. The summed E-state index contributed by atoms with van der Waals surface area (Å²) >= 11 is 0. The second-order valence-electron chi connectivity index (χ2n) is 6.17. The van der Waals surface area contributed by atoms with Gasteiger partial charge in [-0.2, -0.15) is 10.2 Å². The van der Waals surface area contributed by atoms with Gasteiger partial charge in [-0.3, -0.25) is 4.68 Å². The standard InChI is InChI=1S/C19H25N7.HI/c1-4-20-19(24(2)14-17-13-23-25(3)15-17)21-12-16-7-5-8-18(11-16)26-10-6-9-22-26;/h5-11,13,15H,4,12,14H2,1-3H3,(H,20,21);1H. The zero-order valence-electron chi connectivity index (χ0n) is 15.9. The minimum Gasteiger partial charge on any atom is -0.357 e. The van der Waals surface area contributed by atoms with Crippen LogP contribution in [0, 0.1) is 0 Å². The summed E-state index contributed by atoms with van der Waals surface area (Å²) in [7, 11) is 3.96. The Kier molecular flexibility index (Phi) is 7.83. The van der Waals surface area contributed by atoms with Crippen LogP contribution in [0.1, 0.15) is 18.1 Å². The largest absolute Gasteiger partial charge is 0.357 e. The Balaban J connectivity index is 0.00000261. The van der Waals surface area contributed by atoms with Gasteiger partial charge in [0.25, 0.3) is 0 Å². The summed E-state index contributed by atoms with van der Waals surface area (Å²) in [6.07, 6.45) is 7.62. The lowest BCUT2D eigenvalue weighted by atomic mass is 10.2. The average molecular weight is 479 g/mol. The third kappa shape index (κ3) is 5.81. The van der Waals surface area contributed by atoms with E-state index in [1.165, 1.54) is 0 Å². The molecule has 1 N–H and O–H groups in total. The molecule has 0 saturated heterocycles. The summed E-state index contributed by atoms with van der Waals surface area (Å²) < 4.78 is 3.67. The van der Waals surface area contributed by atoms with Crippen LogP contribution < -0.4 is 5.32 Å². The predicted molar refractivity (Wildman–Crippen MR) is 118 cm³/mol. The third-order valence-corrected chi connectivity index (χ3v) is 3.97. The van der Waals surface area contributed by atoms with Crippen LogP contribution in [-0.2, 0) is 20.1 Å². The Hall–Kier alpha value is -2.36. The molecule has 0 fully saturated rings. The maximum atomic E-state index is 4.78. The molecule has 27 heavy (non-hydrogen) atoms. The SMILES string of the molecule is CCNC(=NCc1cccc(-n2cccn2)c1)N(C)Cc1cnn(C)c1.I. The predicted octanol–water partition coefficient (Wildman–Crippen LogP) is 2.82. The van der Waals surface area contributed by atoms with Crippen molar-refractivity contribution in [3.63, 3.8) is 0 Å². The van der Waals surface area contributed by atoms with Crippen LogP contribution in [0.5, 0.6) is 0 Å². The maximum Gasteiger partial charge on any atom is 0.194 e. The summed E-state index contributed by atoms with van der Waals surface area (Å²) in [5.74, 6) is 0.876. The van der Waals surface area contributed by atoms with Crippen molar-refractivity contribution in [3.05, 3.63) is 66.2 Å². The fraction of sp³-hybridized carbons (Fsp3) is 0.316. The van der Waals surface area contributed by atoms with Gasteiger partial charge in [-0.15, -0.1) is 24.0 Å². The van der Waals surface area contributed by atoms with Crippen LogP contribution in [0.4, 0.5) is 0 Å². The van der Waals surface area contributed by atoms with Gasteiger partial charge in [0.05, 0.1) is 18.4 Å². The van der Waals surface area contributed by atoms with E-state index in [1.807, 2.05) is 60.2 Å². The number of rotatable bonds is 6. The van der Waals surface area contributed by atoms with Gasteiger partial charge in [0.1, 0.15) is 0 Å². The van der Waals surface area contributed by atoms with Crippen molar-refractivity contribution in [2.24, 2.45) is 12.0 Å². The summed E-state index contributed by atoms with van der Waals surface area (Å²) in [6.45, 7) is 4.26. The molecule has 0 aliphatic heterocycles. The Morgan fingerprint density at radius 1 is 1.22 bits per heavy atom. The Morgan fingerprint density at radius 3 is 2.74 bits per heavy atom. The molecule has 2 aromatic heterocycles. The normalized spacial score (nSPS) is 11.1. The molecule has 7 nitrogen and oxygen atoms in total. The zero-order chi connectivity index (χ0) is 18.4. The molecule has 2 heterocycles. The van der Waals surface area contributed by atoms with Crippen molar-refractivity contribution < 1.29 is 0 Å². The summed E-state index contributed by atoms with van der Waals surface area (Å²) in [5.41, 5.74) is 3.33. The number of aryl methyl sites for hydroxylation is 1. The molecule has 3 aromatic rings. The number of hydrogen-bond acceptors (Lipinski definition) is 3. The molecule has 8 heteroatoms. The fourth-order valence-electron chi connectivity index (χ4n) is 2.76. The van der Waals surface area contributed by atoms with Crippen molar-refractivity contribution in [2.75, 3.05) is 13.6 Å². The van der Waals surface area contributed by atoms with E-state index in [1.54, 1.807) is 6.20 Å². The van der Waals surface area contributed by atoms with E-state index in [9.17, 15) is 0 Å². The molecule has 1 aromatic carbocycles. The molecule has 0 aliphatic carbocycles. The van der Waals surface area contributed by atoms with Crippen LogP contribution in [-0.4, -0.2) is 44.0 Å². The van der Waals surface area contributed by atoms with E-state index < -0.39 is 0 Å². The van der Waals surface area contributed by atoms with E-state index in [0.29, 0.717) is 6.54 Å². The van der Waals surface area contributed by atoms with Crippen molar-refractivity contribution >= 4 is 29.9 Å². The molecule has 0 unspecified atom stereocenters. The first-order chi connectivity index (χ1) is 12.7. The van der Waals surface area contributed by atoms with Crippen molar-refractivity contribution in [3.8, 4) is 5.69 Å². The zero-order valence-corrected chi connectivity index (χ0v) is 18.2. The third-order valence-electron chi connectivity index (χ3n) is 3.97.